The molecule has 0 bridgehead atoms. The van der Waals surface area contributed by atoms with Gasteiger partial charge < -0.3 is 87.5 Å². The number of para-hydroxylation sites is 2. The molecule has 0 unspecified atom stereocenters. The number of carbonyl (C=O) groups excluding carboxylic acids is 6. The number of rotatable bonds is 30. The number of benzene rings is 2. The van der Waals surface area contributed by atoms with Crippen LogP contribution in [0.25, 0.3) is 21.8 Å². The van der Waals surface area contributed by atoms with Crippen molar-refractivity contribution >= 4 is 81.1 Å². The van der Waals surface area contributed by atoms with Crippen LogP contribution in [0.1, 0.15) is 62.5 Å². The lowest BCUT2D eigenvalue weighted by Gasteiger charge is -2.27. The molecule has 0 saturated heterocycles. The molecule has 2 heterocycles. The van der Waals surface area contributed by atoms with Gasteiger partial charge in [-0.05, 0) is 68.2 Å². The van der Waals surface area contributed by atoms with E-state index in [1.165, 1.54) is 0 Å². The zero-order chi connectivity index (χ0) is 52.0. The highest BCUT2D eigenvalue weighted by Crippen LogP contribution is 2.21. The third-order valence-electron chi connectivity index (χ3n) is 11.2. The molecule has 6 amide bonds. The lowest BCUT2D eigenvalue weighted by atomic mass is 10.0. The highest BCUT2D eigenvalue weighted by atomic mass is 16.4. The van der Waals surface area contributed by atoms with Gasteiger partial charge in [0.15, 0.2) is 17.9 Å². The average Bonchev–Trinajstić information content (AvgIpc) is 3.93. The third-order valence-corrected chi connectivity index (χ3v) is 11.2. The minimum absolute atomic E-state index is 0.0483. The van der Waals surface area contributed by atoms with Crippen molar-refractivity contribution in [2.75, 3.05) is 19.6 Å². The summed E-state index contributed by atoms with van der Waals surface area (Å²) < 4.78 is 0. The fourth-order valence-electron chi connectivity index (χ4n) is 7.57. The molecule has 6 atom stereocenters. The molecule has 4 rings (SSSR count). The van der Waals surface area contributed by atoms with Gasteiger partial charge in [-0.1, -0.05) is 36.4 Å². The number of carboxylic acids is 1. The van der Waals surface area contributed by atoms with Gasteiger partial charge in [-0.25, -0.2) is 4.79 Å². The van der Waals surface area contributed by atoms with Crippen LogP contribution in [0.4, 0.5) is 0 Å². The van der Waals surface area contributed by atoms with Crippen LogP contribution in [0.3, 0.4) is 0 Å². The molecule has 0 saturated carbocycles. The minimum Gasteiger partial charge on any atom is -0.480 e. The smallest absolute Gasteiger partial charge is 0.326 e. The predicted octanol–water partition coefficient (Wildman–Crippen LogP) is -3.30. The zero-order valence-corrected chi connectivity index (χ0v) is 39.2. The van der Waals surface area contributed by atoms with Crippen LogP contribution in [0.5, 0.6) is 0 Å². The SMILES string of the molecule is NC(=O)CC[C@H](NC(=O)[C@H](Cc1c[nH]c2ccccc12)NC(=O)[C@@H](N)CCCN=C(N)N)C(=O)N[C@@H](Cc1c[nH]c2ccccc12)C(=O)N[C@@H](CCCN=C(N)N)C(=O)N[C@@H](CCCN=C(N)N)C(=O)O. The first-order chi connectivity index (χ1) is 33.8. The Hall–Kier alpha value is -8.42. The summed E-state index contributed by atoms with van der Waals surface area (Å²) in [6, 6.07) is 6.31. The largest absolute Gasteiger partial charge is 0.480 e. The van der Waals surface area contributed by atoms with Crippen molar-refractivity contribution in [1.29, 1.82) is 0 Å². The van der Waals surface area contributed by atoms with E-state index >= 15 is 0 Å². The maximum atomic E-state index is 14.5. The number of aliphatic carboxylic acids is 1. The second-order valence-electron chi connectivity index (χ2n) is 16.7. The molecule has 384 valence electrons. The van der Waals surface area contributed by atoms with E-state index in [2.05, 4.69) is 51.5 Å². The summed E-state index contributed by atoms with van der Waals surface area (Å²) in [5.74, 6) is -6.85. The highest BCUT2D eigenvalue weighted by molar-refractivity contribution is 5.97. The Kier molecular flexibility index (Phi) is 21.4. The number of primary amides is 1. The highest BCUT2D eigenvalue weighted by Gasteiger charge is 2.34. The molecule has 0 aliphatic carbocycles. The van der Waals surface area contributed by atoms with E-state index in [0.717, 1.165) is 10.9 Å². The topological polar surface area (TPSA) is 477 Å². The second-order valence-corrected chi connectivity index (χ2v) is 16.7. The van der Waals surface area contributed by atoms with Crippen LogP contribution in [0.15, 0.2) is 75.9 Å². The van der Waals surface area contributed by atoms with Gasteiger partial charge in [0.2, 0.25) is 35.4 Å². The summed E-state index contributed by atoms with van der Waals surface area (Å²) in [6.07, 6.45) is 3.09. The number of nitrogens with zero attached hydrogens (tertiary/aromatic N) is 3. The minimum atomic E-state index is -1.52. The van der Waals surface area contributed by atoms with Crippen LogP contribution in [-0.2, 0) is 46.4 Å². The molecule has 26 heteroatoms. The summed E-state index contributed by atoms with van der Waals surface area (Å²) in [4.78, 5) is 113. The monoisotopic (exact) mass is 987 g/mol. The summed E-state index contributed by atoms with van der Waals surface area (Å²) in [5.41, 5.74) is 47.0. The number of aromatic nitrogens is 2. The third kappa shape index (κ3) is 18.2. The standard InChI is InChI=1S/C45H66N18O8/c46-28(10-5-17-54-43(48)49)37(65)62-34(20-24-22-57-29-11-3-1-8-26(24)29)40(68)60-32(15-16-36(47)64)39(67)63-35(21-25-23-58-30-12-4-2-9-27(25)30)41(69)59-31(13-6-18-55-44(50)51)38(66)61-33(42(70)71)14-7-19-56-45(52)53/h1-4,8-9,11-12,22-23,28,31-35,57-58H,5-7,10,13-21,46H2,(H2,47,64)(H,59,69)(H,60,68)(H,61,66)(H,62,65)(H,63,67)(H,70,71)(H4,48,49,54)(H4,50,51,55)(H4,52,53,56)/t28-,31-,32-,33-,34-,35-/m0/s1. The number of carboxylic acid groups (broad SMARTS) is 1. The van der Waals surface area contributed by atoms with Crippen molar-refractivity contribution in [2.24, 2.45) is 60.8 Å². The summed E-state index contributed by atoms with van der Waals surface area (Å²) >= 11 is 0. The number of aliphatic imine (C=N–C) groups is 3. The predicted molar refractivity (Wildman–Crippen MR) is 267 cm³/mol. The molecule has 0 radical (unpaired) electrons. The van der Waals surface area contributed by atoms with Gasteiger partial charge in [0.05, 0.1) is 6.04 Å². The van der Waals surface area contributed by atoms with Crippen LogP contribution in [-0.4, -0.2) is 130 Å². The Morgan fingerprint density at radius 2 is 0.859 bits per heavy atom. The van der Waals surface area contributed by atoms with E-state index in [9.17, 15) is 38.7 Å². The van der Waals surface area contributed by atoms with E-state index in [-0.39, 0.29) is 95.3 Å². The van der Waals surface area contributed by atoms with E-state index in [1.807, 2.05) is 18.2 Å². The Morgan fingerprint density at radius 3 is 1.30 bits per heavy atom. The molecule has 0 spiro atoms. The molecule has 71 heavy (non-hydrogen) atoms. The fourth-order valence-corrected chi connectivity index (χ4v) is 7.57. The number of aromatic amines is 2. The number of guanidine groups is 3. The lowest BCUT2D eigenvalue weighted by Crippen LogP contribution is -2.60. The molecule has 0 aliphatic heterocycles. The van der Waals surface area contributed by atoms with Gasteiger partial charge in [0, 0.05) is 73.1 Å². The van der Waals surface area contributed by atoms with Crippen molar-refractivity contribution in [3.05, 3.63) is 72.1 Å². The quantitative estimate of drug-likeness (QED) is 0.0138. The average molecular weight is 987 g/mol. The van der Waals surface area contributed by atoms with Gasteiger partial charge in [0.25, 0.3) is 0 Å². The molecule has 2 aromatic heterocycles. The molecule has 24 N–H and O–H groups in total. The van der Waals surface area contributed by atoms with Crippen molar-refractivity contribution in [1.82, 2.24) is 36.6 Å². The van der Waals surface area contributed by atoms with Crippen LogP contribution in [0.2, 0.25) is 0 Å². The van der Waals surface area contributed by atoms with E-state index in [1.54, 1.807) is 42.7 Å². The first-order valence-corrected chi connectivity index (χ1v) is 22.9. The van der Waals surface area contributed by atoms with E-state index in [4.69, 9.17) is 45.9 Å². The van der Waals surface area contributed by atoms with E-state index < -0.39 is 77.7 Å². The number of nitrogens with one attached hydrogen (secondary N) is 7. The number of H-pyrrole nitrogens is 2. The van der Waals surface area contributed by atoms with Crippen molar-refractivity contribution in [3.63, 3.8) is 0 Å². The van der Waals surface area contributed by atoms with Crippen molar-refractivity contribution in [3.8, 4) is 0 Å². The molecule has 4 aromatic rings. The van der Waals surface area contributed by atoms with Gasteiger partial charge in [-0.15, -0.1) is 0 Å². The summed E-state index contributed by atoms with van der Waals surface area (Å²) in [6.45, 7) is 0.347. The normalized spacial score (nSPS) is 13.5. The zero-order valence-electron chi connectivity index (χ0n) is 39.2. The Balaban J connectivity index is 1.66. The van der Waals surface area contributed by atoms with Crippen LogP contribution < -0.4 is 72.5 Å². The first-order valence-electron chi connectivity index (χ1n) is 22.9. The summed E-state index contributed by atoms with van der Waals surface area (Å²) in [7, 11) is 0. The maximum absolute atomic E-state index is 14.5. The second kappa shape index (κ2) is 27.5. The number of fused-ring (bicyclic) bond motifs is 2. The number of amides is 6. The number of hydrogen-bond acceptors (Lipinski definition) is 11. The molecular weight excluding hydrogens is 921 g/mol. The molecular formula is C45H66N18O8. The van der Waals surface area contributed by atoms with Crippen LogP contribution >= 0.6 is 0 Å². The van der Waals surface area contributed by atoms with Crippen molar-refractivity contribution < 1.29 is 38.7 Å². The van der Waals surface area contributed by atoms with Gasteiger partial charge in [-0.2, -0.15) is 0 Å². The number of nitrogens with two attached hydrogens (primary N) is 8. The molecule has 0 fully saturated rings. The Bertz CT molecular complexity index is 2560. The van der Waals surface area contributed by atoms with Gasteiger partial charge in [-0.3, -0.25) is 43.7 Å². The number of carbonyl (C=O) groups is 7. The fraction of sp³-hybridized carbons (Fsp3) is 0.422. The van der Waals surface area contributed by atoms with Gasteiger partial charge >= 0.3 is 5.97 Å². The maximum Gasteiger partial charge on any atom is 0.326 e. The Morgan fingerprint density at radius 1 is 0.493 bits per heavy atom. The summed E-state index contributed by atoms with van der Waals surface area (Å²) in [5, 5.41) is 24.6. The van der Waals surface area contributed by atoms with Crippen molar-refractivity contribution in [2.45, 2.75) is 100 Å². The van der Waals surface area contributed by atoms with Crippen LogP contribution in [0, 0.1) is 0 Å². The molecule has 26 nitrogen and oxygen atoms in total. The first kappa shape index (κ1) is 55.2. The number of hydrogen-bond donors (Lipinski definition) is 16. The van der Waals surface area contributed by atoms with E-state index in [0.29, 0.717) is 28.5 Å². The molecule has 2 aromatic carbocycles. The lowest BCUT2D eigenvalue weighted by molar-refractivity contribution is -0.142. The Labute approximate surface area is 408 Å². The van der Waals surface area contributed by atoms with Gasteiger partial charge in [0.1, 0.15) is 30.2 Å². The molecule has 0 aliphatic rings.